The summed E-state index contributed by atoms with van der Waals surface area (Å²) in [7, 11) is 1.32. The minimum atomic E-state index is -0.716. The van der Waals surface area contributed by atoms with Gasteiger partial charge in [0.2, 0.25) is 5.91 Å². The summed E-state index contributed by atoms with van der Waals surface area (Å²) in [5.41, 5.74) is -0.716. The molecule has 0 bridgehead atoms. The van der Waals surface area contributed by atoms with Gasteiger partial charge in [-0.15, -0.1) is 0 Å². The molecule has 1 atom stereocenters. The van der Waals surface area contributed by atoms with Crippen LogP contribution in [0.5, 0.6) is 0 Å². The molecule has 1 unspecified atom stereocenters. The summed E-state index contributed by atoms with van der Waals surface area (Å²) in [4.78, 5) is 21.6. The Kier molecular flexibility index (Phi) is 1.85. The van der Waals surface area contributed by atoms with Crippen LogP contribution in [0.15, 0.2) is 0 Å². The van der Waals surface area contributed by atoms with E-state index in [1.807, 2.05) is 6.92 Å². The Balaban J connectivity index is 2.64. The van der Waals surface area contributed by atoms with E-state index in [4.69, 9.17) is 0 Å². The molecule has 0 saturated carbocycles. The molecule has 0 aromatic heterocycles. The van der Waals surface area contributed by atoms with Gasteiger partial charge in [0.15, 0.2) is 0 Å². The number of hydrogen-bond acceptors (Lipinski definition) is 3. The van der Waals surface area contributed by atoms with Crippen LogP contribution in [0.1, 0.15) is 19.8 Å². The van der Waals surface area contributed by atoms with Crippen molar-refractivity contribution in [2.45, 2.75) is 25.3 Å². The highest BCUT2D eigenvalue weighted by Crippen LogP contribution is 2.24. The molecule has 4 heteroatoms. The second-order valence-corrected chi connectivity index (χ2v) is 2.65. The zero-order valence-electron chi connectivity index (χ0n) is 6.64. The second-order valence-electron chi connectivity index (χ2n) is 2.65. The van der Waals surface area contributed by atoms with Crippen LogP contribution in [0.3, 0.4) is 0 Å². The zero-order valence-corrected chi connectivity index (χ0v) is 6.64. The maximum atomic E-state index is 11.1. The Hall–Kier alpha value is -1.06. The number of hydrogen-bond donors (Lipinski definition) is 1. The first-order valence-corrected chi connectivity index (χ1v) is 3.54. The average molecular weight is 157 g/mol. The van der Waals surface area contributed by atoms with Gasteiger partial charge in [0.25, 0.3) is 0 Å². The fraction of sp³-hybridized carbons (Fsp3) is 0.714. The molecule has 1 aliphatic rings. The summed E-state index contributed by atoms with van der Waals surface area (Å²) in [6.45, 7) is 1.84. The van der Waals surface area contributed by atoms with E-state index in [0.717, 1.165) is 0 Å². The smallest absolute Gasteiger partial charge is 0.332 e. The van der Waals surface area contributed by atoms with Crippen molar-refractivity contribution in [2.75, 3.05) is 7.11 Å². The zero-order chi connectivity index (χ0) is 8.48. The van der Waals surface area contributed by atoms with Crippen molar-refractivity contribution < 1.29 is 14.3 Å². The van der Waals surface area contributed by atoms with E-state index < -0.39 is 5.54 Å². The van der Waals surface area contributed by atoms with E-state index in [0.29, 0.717) is 6.42 Å². The van der Waals surface area contributed by atoms with Gasteiger partial charge in [-0.2, -0.15) is 0 Å². The van der Waals surface area contributed by atoms with E-state index in [1.54, 1.807) is 0 Å². The van der Waals surface area contributed by atoms with Crippen LogP contribution in [0.25, 0.3) is 0 Å². The average Bonchev–Trinajstić information content (AvgIpc) is 1.96. The molecule has 62 valence electrons. The van der Waals surface area contributed by atoms with Crippen molar-refractivity contribution in [2.24, 2.45) is 0 Å². The molecule has 0 aliphatic carbocycles. The van der Waals surface area contributed by atoms with Gasteiger partial charge in [-0.3, -0.25) is 4.79 Å². The summed E-state index contributed by atoms with van der Waals surface area (Å²) in [5, 5.41) is 2.54. The van der Waals surface area contributed by atoms with Crippen molar-refractivity contribution in [1.82, 2.24) is 5.32 Å². The molecule has 1 fully saturated rings. The van der Waals surface area contributed by atoms with Crippen LogP contribution >= 0.6 is 0 Å². The fourth-order valence-electron chi connectivity index (χ4n) is 1.20. The fourth-order valence-corrected chi connectivity index (χ4v) is 1.20. The molecule has 1 saturated heterocycles. The first kappa shape index (κ1) is 8.04. The normalized spacial score (nSPS) is 28.7. The number of β-lactam (4-membered cyclic amide) rings is 1. The highest BCUT2D eigenvalue weighted by molar-refractivity contribution is 5.98. The van der Waals surface area contributed by atoms with Gasteiger partial charge >= 0.3 is 5.97 Å². The third kappa shape index (κ3) is 1.08. The molecular weight excluding hydrogens is 146 g/mol. The maximum absolute atomic E-state index is 11.1. The minimum Gasteiger partial charge on any atom is -0.467 e. The number of carbonyl (C=O) groups excluding carboxylic acids is 2. The van der Waals surface area contributed by atoms with Crippen LogP contribution in [-0.4, -0.2) is 24.5 Å². The van der Waals surface area contributed by atoms with Crippen LogP contribution in [0.4, 0.5) is 0 Å². The molecule has 4 nitrogen and oxygen atoms in total. The molecule has 0 radical (unpaired) electrons. The monoisotopic (exact) mass is 157 g/mol. The third-order valence-corrected chi connectivity index (χ3v) is 2.02. The number of methoxy groups -OCH3 is 1. The number of ether oxygens (including phenoxy) is 1. The molecule has 1 rings (SSSR count). The summed E-state index contributed by atoms with van der Waals surface area (Å²) >= 11 is 0. The molecule has 1 heterocycles. The standard InChI is InChI=1S/C7H11NO3/c1-3-7(6(10)11-2)4-5(9)8-7/h3-4H2,1-2H3,(H,8,9). The predicted molar refractivity (Wildman–Crippen MR) is 37.8 cm³/mol. The van der Waals surface area contributed by atoms with E-state index in [-0.39, 0.29) is 18.3 Å². The van der Waals surface area contributed by atoms with Crippen LogP contribution < -0.4 is 5.32 Å². The molecule has 1 N–H and O–H groups in total. The summed E-state index contributed by atoms with van der Waals surface area (Å²) in [6, 6.07) is 0. The Morgan fingerprint density at radius 1 is 1.82 bits per heavy atom. The van der Waals surface area contributed by atoms with E-state index in [2.05, 4.69) is 10.1 Å². The van der Waals surface area contributed by atoms with Crippen LogP contribution in [0, 0.1) is 0 Å². The van der Waals surface area contributed by atoms with Crippen LogP contribution in [-0.2, 0) is 14.3 Å². The summed E-state index contributed by atoms with van der Waals surface area (Å²) < 4.78 is 4.54. The van der Waals surface area contributed by atoms with Crippen molar-refractivity contribution in [1.29, 1.82) is 0 Å². The molecule has 1 aliphatic heterocycles. The van der Waals surface area contributed by atoms with Gasteiger partial charge in [-0.25, -0.2) is 4.79 Å². The number of nitrogens with one attached hydrogen (secondary N) is 1. The molecule has 1 amide bonds. The van der Waals surface area contributed by atoms with E-state index >= 15 is 0 Å². The lowest BCUT2D eigenvalue weighted by molar-refractivity contribution is -0.159. The van der Waals surface area contributed by atoms with Gasteiger partial charge in [0.05, 0.1) is 13.5 Å². The van der Waals surface area contributed by atoms with Crippen molar-refractivity contribution >= 4 is 11.9 Å². The first-order chi connectivity index (χ1) is 5.14. The number of rotatable bonds is 2. The molecule has 0 aromatic carbocycles. The Morgan fingerprint density at radius 3 is 2.64 bits per heavy atom. The number of amides is 1. The quantitative estimate of drug-likeness (QED) is 0.447. The van der Waals surface area contributed by atoms with Crippen molar-refractivity contribution in [3.8, 4) is 0 Å². The highest BCUT2D eigenvalue weighted by atomic mass is 16.5. The number of esters is 1. The Morgan fingerprint density at radius 2 is 2.36 bits per heavy atom. The lowest BCUT2D eigenvalue weighted by atomic mass is 9.85. The first-order valence-electron chi connectivity index (χ1n) is 3.54. The lowest BCUT2D eigenvalue weighted by Crippen LogP contribution is -2.65. The summed E-state index contributed by atoms with van der Waals surface area (Å²) in [6.07, 6.45) is 0.849. The third-order valence-electron chi connectivity index (χ3n) is 2.02. The van der Waals surface area contributed by atoms with E-state index in [1.165, 1.54) is 7.11 Å². The van der Waals surface area contributed by atoms with Crippen LogP contribution in [0.2, 0.25) is 0 Å². The van der Waals surface area contributed by atoms with Crippen molar-refractivity contribution in [3.63, 3.8) is 0 Å². The molecule has 0 aromatic rings. The second kappa shape index (κ2) is 2.53. The lowest BCUT2D eigenvalue weighted by Gasteiger charge is -2.38. The molecular formula is C7H11NO3. The van der Waals surface area contributed by atoms with Gasteiger partial charge < -0.3 is 10.1 Å². The van der Waals surface area contributed by atoms with Gasteiger partial charge in [0.1, 0.15) is 5.54 Å². The topological polar surface area (TPSA) is 55.4 Å². The molecule has 11 heavy (non-hydrogen) atoms. The van der Waals surface area contributed by atoms with Crippen molar-refractivity contribution in [3.05, 3.63) is 0 Å². The Labute approximate surface area is 64.9 Å². The highest BCUT2D eigenvalue weighted by Gasteiger charge is 2.48. The van der Waals surface area contributed by atoms with Gasteiger partial charge in [-0.05, 0) is 6.42 Å². The number of carbonyl (C=O) groups is 2. The largest absolute Gasteiger partial charge is 0.467 e. The minimum absolute atomic E-state index is 0.0859. The van der Waals surface area contributed by atoms with Gasteiger partial charge in [0, 0.05) is 0 Å². The SMILES string of the molecule is CCC1(C(=O)OC)CC(=O)N1. The Bertz CT molecular complexity index is 192. The summed E-state index contributed by atoms with van der Waals surface area (Å²) in [5.74, 6) is -0.433. The predicted octanol–water partition coefficient (Wildman–Crippen LogP) is -0.172. The maximum Gasteiger partial charge on any atom is 0.332 e. The molecule has 0 spiro atoms. The van der Waals surface area contributed by atoms with Gasteiger partial charge in [-0.1, -0.05) is 6.92 Å². The van der Waals surface area contributed by atoms with E-state index in [9.17, 15) is 9.59 Å².